The molecule has 0 aliphatic carbocycles. The molecule has 4 rings (SSSR count). The molecule has 0 saturated carbocycles. The van der Waals surface area contributed by atoms with E-state index in [9.17, 15) is 4.79 Å². The van der Waals surface area contributed by atoms with Crippen LogP contribution in [0.2, 0.25) is 10.0 Å². The highest BCUT2D eigenvalue weighted by Crippen LogP contribution is 2.40. The van der Waals surface area contributed by atoms with Crippen molar-refractivity contribution in [3.8, 4) is 11.5 Å². The van der Waals surface area contributed by atoms with Gasteiger partial charge in [-0.15, -0.1) is 0 Å². The van der Waals surface area contributed by atoms with Gasteiger partial charge in [-0.25, -0.2) is 0 Å². The highest BCUT2D eigenvalue weighted by atomic mass is 79.9. The molecule has 1 aliphatic heterocycles. The van der Waals surface area contributed by atoms with Gasteiger partial charge in [-0.3, -0.25) is 4.79 Å². The Bertz CT molecular complexity index is 1130. The van der Waals surface area contributed by atoms with Gasteiger partial charge < -0.3 is 9.47 Å². The molecule has 1 aliphatic rings. The highest BCUT2D eigenvalue weighted by molar-refractivity contribution is 9.10. The Balaban J connectivity index is 1.61. The first-order chi connectivity index (χ1) is 14.0. The maximum Gasteiger partial charge on any atom is 0.231 e. The van der Waals surface area contributed by atoms with Crippen molar-refractivity contribution in [2.45, 2.75) is 13.5 Å². The average molecular weight is 490 g/mol. The summed E-state index contributed by atoms with van der Waals surface area (Å²) < 4.78 is 12.7. The number of hydrogen-bond acceptors (Lipinski definition) is 3. The van der Waals surface area contributed by atoms with Crippen LogP contribution in [0.5, 0.6) is 11.5 Å². The van der Waals surface area contributed by atoms with Gasteiger partial charge in [0.15, 0.2) is 5.76 Å². The standard InChI is InChI=1S/C23H15BrCl2O3/c1-13-20(28-12-16-18(25)7-4-8-19(16)26)10-9-15-22(27)21(29-23(13)15)11-14-5-2-3-6-17(14)24/h2-11H,12H2,1H3/b21-11-. The molecule has 0 bridgehead atoms. The summed E-state index contributed by atoms with van der Waals surface area (Å²) in [4.78, 5) is 12.8. The van der Waals surface area contributed by atoms with Gasteiger partial charge >= 0.3 is 0 Å². The van der Waals surface area contributed by atoms with E-state index in [0.717, 1.165) is 15.6 Å². The van der Waals surface area contributed by atoms with Crippen molar-refractivity contribution in [1.29, 1.82) is 0 Å². The smallest absolute Gasteiger partial charge is 0.231 e. The van der Waals surface area contributed by atoms with Gasteiger partial charge in [0.1, 0.15) is 18.1 Å². The summed E-state index contributed by atoms with van der Waals surface area (Å²) >= 11 is 15.9. The zero-order valence-corrected chi connectivity index (χ0v) is 18.4. The van der Waals surface area contributed by atoms with Crippen molar-refractivity contribution in [3.05, 3.63) is 97.1 Å². The second-order valence-corrected chi connectivity index (χ2v) is 8.18. The monoisotopic (exact) mass is 488 g/mol. The Morgan fingerprint density at radius 3 is 2.48 bits per heavy atom. The van der Waals surface area contributed by atoms with E-state index in [2.05, 4.69) is 15.9 Å². The number of ketones is 1. The van der Waals surface area contributed by atoms with Gasteiger partial charge in [0.05, 0.1) is 5.56 Å². The molecule has 0 unspecified atom stereocenters. The Kier molecular flexibility index (Phi) is 5.68. The summed E-state index contributed by atoms with van der Waals surface area (Å²) in [6.45, 7) is 2.07. The van der Waals surface area contributed by atoms with Gasteiger partial charge in [-0.2, -0.15) is 0 Å². The highest BCUT2D eigenvalue weighted by Gasteiger charge is 2.30. The van der Waals surface area contributed by atoms with Crippen LogP contribution in [0.15, 0.2) is 64.8 Å². The molecule has 146 valence electrons. The third-order valence-corrected chi connectivity index (χ3v) is 6.09. The van der Waals surface area contributed by atoms with Crippen LogP contribution in [-0.2, 0) is 6.61 Å². The number of allylic oxidation sites excluding steroid dienone is 1. The first-order valence-electron chi connectivity index (χ1n) is 8.84. The van der Waals surface area contributed by atoms with Gasteiger partial charge in [-0.1, -0.05) is 63.4 Å². The summed E-state index contributed by atoms with van der Waals surface area (Å²) in [5.41, 5.74) is 2.84. The lowest BCUT2D eigenvalue weighted by Gasteiger charge is -2.13. The van der Waals surface area contributed by atoms with Crippen LogP contribution in [0.1, 0.15) is 27.0 Å². The lowest BCUT2D eigenvalue weighted by atomic mass is 10.1. The number of ether oxygens (including phenoxy) is 2. The predicted molar refractivity (Wildman–Crippen MR) is 119 cm³/mol. The lowest BCUT2D eigenvalue weighted by Crippen LogP contribution is -2.00. The van der Waals surface area contributed by atoms with E-state index in [1.807, 2.05) is 31.2 Å². The number of rotatable bonds is 4. The van der Waals surface area contributed by atoms with Crippen LogP contribution in [0.3, 0.4) is 0 Å². The zero-order valence-electron chi connectivity index (χ0n) is 15.3. The van der Waals surface area contributed by atoms with Crippen LogP contribution >= 0.6 is 39.1 Å². The molecule has 0 fully saturated rings. The minimum absolute atomic E-state index is 0.153. The van der Waals surface area contributed by atoms with Gasteiger partial charge in [-0.05, 0) is 48.9 Å². The van der Waals surface area contributed by atoms with Crippen molar-refractivity contribution in [2.24, 2.45) is 0 Å². The second-order valence-electron chi connectivity index (χ2n) is 6.52. The Hall–Kier alpha value is -2.27. The summed E-state index contributed by atoms with van der Waals surface area (Å²) in [5.74, 6) is 1.24. The molecule has 0 aromatic heterocycles. The van der Waals surface area contributed by atoms with Gasteiger partial charge in [0, 0.05) is 25.6 Å². The van der Waals surface area contributed by atoms with Crippen molar-refractivity contribution in [2.75, 3.05) is 0 Å². The van der Waals surface area contributed by atoms with E-state index in [1.54, 1.807) is 36.4 Å². The molecule has 0 spiro atoms. The molecule has 3 aromatic carbocycles. The Morgan fingerprint density at radius 2 is 1.76 bits per heavy atom. The number of halogens is 3. The van der Waals surface area contributed by atoms with E-state index in [0.29, 0.717) is 32.7 Å². The molecule has 3 aromatic rings. The van der Waals surface area contributed by atoms with Crippen molar-refractivity contribution in [3.63, 3.8) is 0 Å². The van der Waals surface area contributed by atoms with Gasteiger partial charge in [0.25, 0.3) is 0 Å². The molecule has 3 nitrogen and oxygen atoms in total. The van der Waals surface area contributed by atoms with Crippen molar-refractivity contribution in [1.82, 2.24) is 0 Å². The summed E-state index contributed by atoms with van der Waals surface area (Å²) in [7, 11) is 0. The second kappa shape index (κ2) is 8.23. The lowest BCUT2D eigenvalue weighted by molar-refractivity contribution is 0.101. The normalized spacial score (nSPS) is 14.1. The number of benzene rings is 3. The minimum Gasteiger partial charge on any atom is -0.488 e. The van der Waals surface area contributed by atoms with Crippen LogP contribution in [0.4, 0.5) is 0 Å². The molecular formula is C23H15BrCl2O3. The first kappa shape index (κ1) is 20.0. The largest absolute Gasteiger partial charge is 0.488 e. The number of Topliss-reactive ketones (excluding diaryl/α,β-unsaturated/α-hetero) is 1. The summed E-state index contributed by atoms with van der Waals surface area (Å²) in [6.07, 6.45) is 1.73. The van der Waals surface area contributed by atoms with E-state index in [4.69, 9.17) is 32.7 Å². The van der Waals surface area contributed by atoms with E-state index < -0.39 is 0 Å². The van der Waals surface area contributed by atoms with E-state index in [1.165, 1.54) is 0 Å². The number of carbonyl (C=O) groups excluding carboxylic acids is 1. The third-order valence-electron chi connectivity index (χ3n) is 4.66. The van der Waals surface area contributed by atoms with E-state index in [-0.39, 0.29) is 18.1 Å². The minimum atomic E-state index is -0.153. The fraction of sp³-hybridized carbons (Fsp3) is 0.0870. The Labute approximate surface area is 187 Å². The summed E-state index contributed by atoms with van der Waals surface area (Å²) in [5, 5.41) is 1.09. The quantitative estimate of drug-likeness (QED) is 0.362. The van der Waals surface area contributed by atoms with Crippen molar-refractivity contribution >= 4 is 51.0 Å². The zero-order chi connectivity index (χ0) is 20.5. The van der Waals surface area contributed by atoms with Crippen LogP contribution in [0, 0.1) is 6.92 Å². The Morgan fingerprint density at radius 1 is 1.03 bits per heavy atom. The molecule has 29 heavy (non-hydrogen) atoms. The molecule has 0 atom stereocenters. The van der Waals surface area contributed by atoms with Crippen LogP contribution in [-0.4, -0.2) is 5.78 Å². The number of carbonyl (C=O) groups is 1. The third kappa shape index (κ3) is 3.93. The SMILES string of the molecule is Cc1c(OCc2c(Cl)cccc2Cl)ccc2c1O/C(=C\c1ccccc1Br)C2=O. The predicted octanol–water partition coefficient (Wildman–Crippen LogP) is 7.26. The van der Waals surface area contributed by atoms with Gasteiger partial charge in [0.2, 0.25) is 5.78 Å². The fourth-order valence-corrected chi connectivity index (χ4v) is 3.98. The van der Waals surface area contributed by atoms with Crippen LogP contribution < -0.4 is 9.47 Å². The number of hydrogen-bond donors (Lipinski definition) is 0. The molecule has 1 heterocycles. The molecule has 6 heteroatoms. The van der Waals surface area contributed by atoms with Crippen LogP contribution in [0.25, 0.3) is 6.08 Å². The molecule has 0 N–H and O–H groups in total. The average Bonchev–Trinajstić information content (AvgIpc) is 3.01. The maximum absolute atomic E-state index is 12.8. The molecular weight excluding hydrogens is 475 g/mol. The maximum atomic E-state index is 12.8. The summed E-state index contributed by atoms with van der Waals surface area (Å²) in [6, 6.07) is 16.4. The molecule has 0 radical (unpaired) electrons. The fourth-order valence-electron chi connectivity index (χ4n) is 3.08. The molecule has 0 saturated heterocycles. The van der Waals surface area contributed by atoms with Crippen molar-refractivity contribution < 1.29 is 14.3 Å². The molecule has 0 amide bonds. The number of fused-ring (bicyclic) bond motifs is 1. The first-order valence-corrected chi connectivity index (χ1v) is 10.4. The van der Waals surface area contributed by atoms with E-state index >= 15 is 0 Å². The topological polar surface area (TPSA) is 35.5 Å².